The Bertz CT molecular complexity index is 677. The minimum atomic E-state index is -0.237. The third-order valence-electron chi connectivity index (χ3n) is 4.22. The molecule has 0 spiro atoms. The van der Waals surface area contributed by atoms with E-state index in [9.17, 15) is 9.18 Å². The number of benzene rings is 1. The Labute approximate surface area is 134 Å². The molecule has 0 unspecified atom stereocenters. The largest absolute Gasteiger partial charge is 0.370 e. The van der Waals surface area contributed by atoms with Crippen LogP contribution in [0.25, 0.3) is 0 Å². The summed E-state index contributed by atoms with van der Waals surface area (Å²) in [5.41, 5.74) is 2.19. The number of aryl methyl sites for hydroxylation is 2. The van der Waals surface area contributed by atoms with Crippen LogP contribution in [0.15, 0.2) is 28.8 Å². The molecule has 5 nitrogen and oxygen atoms in total. The molecule has 6 heteroatoms. The Morgan fingerprint density at radius 3 is 2.52 bits per heavy atom. The van der Waals surface area contributed by atoms with Crippen molar-refractivity contribution in [3.63, 3.8) is 0 Å². The van der Waals surface area contributed by atoms with Crippen LogP contribution in [0.3, 0.4) is 0 Å². The van der Waals surface area contributed by atoms with E-state index in [-0.39, 0.29) is 11.7 Å². The average Bonchev–Trinajstić information content (AvgIpc) is 2.76. The maximum Gasteiger partial charge on any atom is 0.259 e. The predicted molar refractivity (Wildman–Crippen MR) is 85.1 cm³/mol. The first-order chi connectivity index (χ1) is 11.1. The van der Waals surface area contributed by atoms with Crippen molar-refractivity contribution in [1.82, 2.24) is 10.1 Å². The number of anilines is 1. The van der Waals surface area contributed by atoms with E-state index in [1.165, 1.54) is 12.1 Å². The van der Waals surface area contributed by atoms with Crippen LogP contribution in [-0.2, 0) is 0 Å². The molecule has 0 bridgehead atoms. The smallest absolute Gasteiger partial charge is 0.259 e. The van der Waals surface area contributed by atoms with Gasteiger partial charge in [0.2, 0.25) is 0 Å². The van der Waals surface area contributed by atoms with Crippen molar-refractivity contribution >= 4 is 11.6 Å². The Balaban J connectivity index is 1.71. The highest BCUT2D eigenvalue weighted by Gasteiger charge is 2.25. The number of halogens is 1. The highest BCUT2D eigenvalue weighted by atomic mass is 19.1. The number of carbonyl (C=O) groups is 1. The maximum absolute atomic E-state index is 13.0. The molecule has 0 atom stereocenters. The summed E-state index contributed by atoms with van der Waals surface area (Å²) in [6.45, 7) is 6.43. The van der Waals surface area contributed by atoms with E-state index in [4.69, 9.17) is 4.52 Å². The molecule has 1 aliphatic heterocycles. The van der Waals surface area contributed by atoms with Gasteiger partial charge in [-0.1, -0.05) is 5.16 Å². The molecule has 3 rings (SSSR count). The zero-order chi connectivity index (χ0) is 16.4. The van der Waals surface area contributed by atoms with E-state index in [1.54, 1.807) is 26.0 Å². The van der Waals surface area contributed by atoms with Crippen molar-refractivity contribution < 1.29 is 13.7 Å². The lowest BCUT2D eigenvalue weighted by Crippen LogP contribution is -2.35. The van der Waals surface area contributed by atoms with Crippen LogP contribution in [0.4, 0.5) is 10.1 Å². The fourth-order valence-electron chi connectivity index (χ4n) is 2.98. The minimum absolute atomic E-state index is 0.0257. The molecule has 2 aromatic rings. The highest BCUT2D eigenvalue weighted by molar-refractivity contribution is 5.96. The predicted octanol–water partition coefficient (Wildman–Crippen LogP) is 2.78. The van der Waals surface area contributed by atoms with Gasteiger partial charge in [-0.05, 0) is 44.5 Å². The molecule has 23 heavy (non-hydrogen) atoms. The Hall–Kier alpha value is -2.37. The summed E-state index contributed by atoms with van der Waals surface area (Å²) in [5, 5.41) is 3.86. The zero-order valence-electron chi connectivity index (χ0n) is 13.4. The molecule has 1 aromatic heterocycles. The highest BCUT2D eigenvalue weighted by Crippen LogP contribution is 2.20. The number of nitrogens with zero attached hydrogens (tertiary/aromatic N) is 3. The number of rotatable bonds is 2. The van der Waals surface area contributed by atoms with Crippen LogP contribution in [0.5, 0.6) is 0 Å². The SMILES string of the molecule is Cc1noc(C)c1C(=O)N1CCCN(c2ccc(F)cc2)CC1. The summed E-state index contributed by atoms with van der Waals surface area (Å²) in [6, 6.07) is 6.49. The molecule has 1 aromatic carbocycles. The van der Waals surface area contributed by atoms with Gasteiger partial charge in [-0.2, -0.15) is 0 Å². The van der Waals surface area contributed by atoms with E-state index in [0.717, 1.165) is 25.2 Å². The summed E-state index contributed by atoms with van der Waals surface area (Å²) >= 11 is 0. The Morgan fingerprint density at radius 1 is 1.13 bits per heavy atom. The third kappa shape index (κ3) is 3.21. The fourth-order valence-corrected chi connectivity index (χ4v) is 2.98. The van der Waals surface area contributed by atoms with Gasteiger partial charge in [0.1, 0.15) is 17.1 Å². The van der Waals surface area contributed by atoms with Gasteiger partial charge in [0.15, 0.2) is 0 Å². The van der Waals surface area contributed by atoms with E-state index in [0.29, 0.717) is 30.1 Å². The van der Waals surface area contributed by atoms with Crippen LogP contribution in [0.1, 0.15) is 28.2 Å². The summed E-state index contributed by atoms with van der Waals surface area (Å²) in [7, 11) is 0. The van der Waals surface area contributed by atoms with E-state index in [2.05, 4.69) is 10.1 Å². The van der Waals surface area contributed by atoms with Gasteiger partial charge in [-0.25, -0.2) is 4.39 Å². The summed E-state index contributed by atoms with van der Waals surface area (Å²) in [4.78, 5) is 16.7. The first-order valence-corrected chi connectivity index (χ1v) is 7.79. The van der Waals surface area contributed by atoms with Crippen molar-refractivity contribution in [3.8, 4) is 0 Å². The summed E-state index contributed by atoms with van der Waals surface area (Å²) < 4.78 is 18.1. The van der Waals surface area contributed by atoms with Crippen molar-refractivity contribution in [3.05, 3.63) is 47.1 Å². The van der Waals surface area contributed by atoms with Gasteiger partial charge in [-0.3, -0.25) is 4.79 Å². The first kappa shape index (κ1) is 15.5. The maximum atomic E-state index is 13.0. The van der Waals surface area contributed by atoms with Crippen molar-refractivity contribution in [2.45, 2.75) is 20.3 Å². The number of hydrogen-bond acceptors (Lipinski definition) is 4. The molecule has 0 aliphatic carbocycles. The van der Waals surface area contributed by atoms with Crippen LogP contribution >= 0.6 is 0 Å². The molecule has 0 N–H and O–H groups in total. The fraction of sp³-hybridized carbons (Fsp3) is 0.412. The van der Waals surface area contributed by atoms with Crippen LogP contribution in [0, 0.1) is 19.7 Å². The van der Waals surface area contributed by atoms with E-state index >= 15 is 0 Å². The monoisotopic (exact) mass is 317 g/mol. The molecule has 1 fully saturated rings. The van der Waals surface area contributed by atoms with E-state index < -0.39 is 0 Å². The zero-order valence-corrected chi connectivity index (χ0v) is 13.4. The minimum Gasteiger partial charge on any atom is -0.370 e. The first-order valence-electron chi connectivity index (χ1n) is 7.79. The number of amides is 1. The number of hydrogen-bond donors (Lipinski definition) is 0. The van der Waals surface area contributed by atoms with Gasteiger partial charge in [0.25, 0.3) is 5.91 Å². The van der Waals surface area contributed by atoms with Crippen LogP contribution in [-0.4, -0.2) is 42.1 Å². The quantitative estimate of drug-likeness (QED) is 0.854. The van der Waals surface area contributed by atoms with Gasteiger partial charge >= 0.3 is 0 Å². The van der Waals surface area contributed by atoms with Gasteiger partial charge in [0, 0.05) is 31.9 Å². The lowest BCUT2D eigenvalue weighted by atomic mass is 10.1. The normalized spacial score (nSPS) is 15.6. The molecule has 2 heterocycles. The third-order valence-corrected chi connectivity index (χ3v) is 4.22. The summed E-state index contributed by atoms with van der Waals surface area (Å²) in [6.07, 6.45) is 0.868. The molecule has 1 amide bonds. The van der Waals surface area contributed by atoms with Crippen molar-refractivity contribution in [2.24, 2.45) is 0 Å². The number of aromatic nitrogens is 1. The molecule has 122 valence electrons. The molecule has 1 saturated heterocycles. The van der Waals surface area contributed by atoms with Crippen LogP contribution < -0.4 is 4.90 Å². The van der Waals surface area contributed by atoms with Gasteiger partial charge in [0.05, 0.1) is 5.69 Å². The summed E-state index contributed by atoms with van der Waals surface area (Å²) in [5.74, 6) is 0.299. The Morgan fingerprint density at radius 2 is 1.87 bits per heavy atom. The second-order valence-electron chi connectivity index (χ2n) is 5.81. The second kappa shape index (κ2) is 6.40. The molecule has 0 radical (unpaired) electrons. The lowest BCUT2D eigenvalue weighted by molar-refractivity contribution is 0.0764. The van der Waals surface area contributed by atoms with E-state index in [1.807, 2.05) is 4.90 Å². The lowest BCUT2D eigenvalue weighted by Gasteiger charge is -2.23. The molecular formula is C17H20FN3O2. The van der Waals surface area contributed by atoms with Crippen molar-refractivity contribution in [1.29, 1.82) is 0 Å². The molecule has 1 aliphatic rings. The molecular weight excluding hydrogens is 297 g/mol. The van der Waals surface area contributed by atoms with Crippen molar-refractivity contribution in [2.75, 3.05) is 31.1 Å². The Kier molecular flexibility index (Phi) is 4.32. The van der Waals surface area contributed by atoms with Gasteiger partial charge < -0.3 is 14.3 Å². The second-order valence-corrected chi connectivity index (χ2v) is 5.81. The number of carbonyl (C=O) groups excluding carboxylic acids is 1. The topological polar surface area (TPSA) is 49.6 Å². The van der Waals surface area contributed by atoms with Gasteiger partial charge in [-0.15, -0.1) is 0 Å². The molecule has 0 saturated carbocycles. The van der Waals surface area contributed by atoms with Crippen LogP contribution in [0.2, 0.25) is 0 Å². The standard InChI is InChI=1S/C17H20FN3O2/c1-12-16(13(2)23-19-12)17(22)21-9-3-8-20(10-11-21)15-6-4-14(18)5-7-15/h4-7H,3,8-11H2,1-2H3. The average molecular weight is 317 g/mol.